The van der Waals surface area contributed by atoms with E-state index in [-0.39, 0.29) is 19.4 Å². The first-order valence-electron chi connectivity index (χ1n) is 20.1. The van der Waals surface area contributed by atoms with Gasteiger partial charge in [0, 0.05) is 12.8 Å². The smallest absolute Gasteiger partial charge is 0.462 e. The lowest BCUT2D eigenvalue weighted by atomic mass is 10.1. The molecule has 50 heavy (non-hydrogen) atoms. The fourth-order valence-corrected chi connectivity index (χ4v) is 6.31. The summed E-state index contributed by atoms with van der Waals surface area (Å²) in [5.74, 6) is -0.927. The number of hydrogen-bond acceptors (Lipinski definition) is 9. The van der Waals surface area contributed by atoms with Crippen molar-refractivity contribution in [1.29, 1.82) is 0 Å². The van der Waals surface area contributed by atoms with E-state index in [4.69, 9.17) is 19.1 Å². The van der Waals surface area contributed by atoms with E-state index in [1.165, 1.54) is 103 Å². The van der Waals surface area contributed by atoms with Gasteiger partial charge < -0.3 is 24.6 Å². The molecule has 0 aromatic heterocycles. The van der Waals surface area contributed by atoms with E-state index >= 15 is 0 Å². The Balaban J connectivity index is 4.27. The summed E-state index contributed by atoms with van der Waals surface area (Å²) in [6, 6.07) is 0. The maximum Gasteiger partial charge on any atom is 0.472 e. The number of rotatable bonds is 38. The fraction of sp³-hybridized carbons (Fsp3) is 0.897. The second kappa shape index (κ2) is 36.1. The number of aliphatic hydroxyl groups excluding tert-OH is 2. The molecule has 0 rings (SSSR count). The summed E-state index contributed by atoms with van der Waals surface area (Å²) in [6.45, 7) is 2.35. The molecule has 10 nitrogen and oxygen atoms in total. The van der Waals surface area contributed by atoms with Gasteiger partial charge in [-0.2, -0.15) is 0 Å². The van der Waals surface area contributed by atoms with Gasteiger partial charge in [-0.05, 0) is 38.5 Å². The highest BCUT2D eigenvalue weighted by molar-refractivity contribution is 7.47. The molecule has 3 N–H and O–H groups in total. The van der Waals surface area contributed by atoms with Crippen LogP contribution in [0.3, 0.4) is 0 Å². The standard InChI is InChI=1S/C39H75O10P/c1-3-5-7-9-11-13-14-15-16-17-18-19-20-21-23-25-27-29-31-39(43)49-37(35-48-50(44,45)47-33-36(41)32-40)34-46-38(42)30-28-26-24-22-12-10-8-6-4-2/h16-17,36-37,40-41H,3-15,18-35H2,1-2H3,(H,44,45)/b17-16-. The Morgan fingerprint density at radius 2 is 0.980 bits per heavy atom. The molecule has 11 heteroatoms. The third-order valence-electron chi connectivity index (χ3n) is 8.67. The molecule has 0 spiro atoms. The first kappa shape index (κ1) is 48.7. The molecule has 3 atom stereocenters. The molecule has 0 saturated heterocycles. The van der Waals surface area contributed by atoms with Gasteiger partial charge in [0.1, 0.15) is 12.7 Å². The lowest BCUT2D eigenvalue weighted by Crippen LogP contribution is -2.29. The summed E-state index contributed by atoms with van der Waals surface area (Å²) in [4.78, 5) is 34.8. The van der Waals surface area contributed by atoms with Crippen LogP contribution in [0.2, 0.25) is 0 Å². The number of phosphoric ester groups is 1. The number of esters is 2. The van der Waals surface area contributed by atoms with Crippen LogP contribution in [0.25, 0.3) is 0 Å². The third-order valence-corrected chi connectivity index (χ3v) is 9.62. The minimum absolute atomic E-state index is 0.183. The van der Waals surface area contributed by atoms with Crippen molar-refractivity contribution in [3.05, 3.63) is 12.2 Å². The Labute approximate surface area is 305 Å². The van der Waals surface area contributed by atoms with E-state index in [9.17, 15) is 24.2 Å². The number of ether oxygens (including phenoxy) is 2. The van der Waals surface area contributed by atoms with Crippen molar-refractivity contribution in [2.45, 2.75) is 199 Å². The average Bonchev–Trinajstić information content (AvgIpc) is 3.10. The monoisotopic (exact) mass is 735 g/mol. The van der Waals surface area contributed by atoms with E-state index in [1.54, 1.807) is 0 Å². The SMILES string of the molecule is CCCCCCCCC/C=C\CCCCCCCCCC(=O)OC(COC(=O)CCCCCCCCCCC)COP(=O)(O)OCC(O)CO. The Hall–Kier alpha value is -1.29. The van der Waals surface area contributed by atoms with Gasteiger partial charge in [0.25, 0.3) is 0 Å². The lowest BCUT2D eigenvalue weighted by Gasteiger charge is -2.20. The van der Waals surface area contributed by atoms with Crippen molar-refractivity contribution >= 4 is 19.8 Å². The van der Waals surface area contributed by atoms with Gasteiger partial charge >= 0.3 is 19.8 Å². The van der Waals surface area contributed by atoms with Crippen molar-refractivity contribution in [1.82, 2.24) is 0 Å². The summed E-state index contributed by atoms with van der Waals surface area (Å²) < 4.78 is 32.6. The fourth-order valence-electron chi connectivity index (χ4n) is 5.52. The number of hydrogen-bond donors (Lipinski definition) is 3. The quantitative estimate of drug-likeness (QED) is 0.0242. The number of aliphatic hydroxyl groups is 2. The van der Waals surface area contributed by atoms with Gasteiger partial charge in [0.05, 0.1) is 19.8 Å². The van der Waals surface area contributed by atoms with Gasteiger partial charge in [0.15, 0.2) is 6.10 Å². The number of carbonyl (C=O) groups is 2. The molecular formula is C39H75O10P. The summed E-state index contributed by atoms with van der Waals surface area (Å²) >= 11 is 0. The van der Waals surface area contributed by atoms with Gasteiger partial charge in [-0.1, -0.05) is 148 Å². The molecule has 0 heterocycles. The number of unbranched alkanes of at least 4 members (excludes halogenated alkanes) is 22. The molecule has 0 bridgehead atoms. The van der Waals surface area contributed by atoms with Crippen molar-refractivity contribution in [3.63, 3.8) is 0 Å². The van der Waals surface area contributed by atoms with E-state index in [1.807, 2.05) is 0 Å². The van der Waals surface area contributed by atoms with Crippen LogP contribution in [-0.2, 0) is 32.7 Å². The van der Waals surface area contributed by atoms with Crippen LogP contribution in [0.5, 0.6) is 0 Å². The summed E-state index contributed by atoms with van der Waals surface area (Å²) in [7, 11) is -4.61. The molecule has 0 radical (unpaired) electrons. The lowest BCUT2D eigenvalue weighted by molar-refractivity contribution is -0.161. The number of phosphoric acid groups is 1. The molecule has 0 aliphatic rings. The van der Waals surface area contributed by atoms with Crippen LogP contribution in [0.1, 0.15) is 187 Å². The maximum atomic E-state index is 12.6. The largest absolute Gasteiger partial charge is 0.472 e. The summed E-state index contributed by atoms with van der Waals surface area (Å²) in [5, 5.41) is 18.3. The molecular weight excluding hydrogens is 659 g/mol. The molecule has 0 aromatic carbocycles. The molecule has 0 aliphatic heterocycles. The predicted molar refractivity (Wildman–Crippen MR) is 201 cm³/mol. The van der Waals surface area contributed by atoms with Crippen molar-refractivity contribution < 1.29 is 47.8 Å². The highest BCUT2D eigenvalue weighted by Gasteiger charge is 2.27. The van der Waals surface area contributed by atoms with Crippen molar-refractivity contribution in [3.8, 4) is 0 Å². The van der Waals surface area contributed by atoms with E-state index in [0.29, 0.717) is 12.8 Å². The van der Waals surface area contributed by atoms with Gasteiger partial charge in [-0.25, -0.2) is 4.57 Å². The zero-order chi connectivity index (χ0) is 37.0. The van der Waals surface area contributed by atoms with Gasteiger partial charge in [0.2, 0.25) is 0 Å². The predicted octanol–water partition coefficient (Wildman–Crippen LogP) is 10.1. The summed E-state index contributed by atoms with van der Waals surface area (Å²) in [5.41, 5.74) is 0. The average molecular weight is 735 g/mol. The molecule has 0 aromatic rings. The highest BCUT2D eigenvalue weighted by atomic mass is 31.2. The van der Waals surface area contributed by atoms with E-state index < -0.39 is 51.8 Å². The first-order valence-corrected chi connectivity index (χ1v) is 21.6. The first-order chi connectivity index (χ1) is 24.2. The number of allylic oxidation sites excluding steroid dienone is 2. The Kier molecular flexibility index (Phi) is 35.2. The highest BCUT2D eigenvalue weighted by Crippen LogP contribution is 2.43. The third kappa shape index (κ3) is 35.1. The van der Waals surface area contributed by atoms with E-state index in [0.717, 1.165) is 44.9 Å². The van der Waals surface area contributed by atoms with Crippen LogP contribution in [0.4, 0.5) is 0 Å². The second-order valence-corrected chi connectivity index (χ2v) is 15.1. The van der Waals surface area contributed by atoms with Crippen LogP contribution in [0.15, 0.2) is 12.2 Å². The Morgan fingerprint density at radius 3 is 1.44 bits per heavy atom. The normalized spacial score (nSPS) is 14.1. The molecule has 0 saturated carbocycles. The van der Waals surface area contributed by atoms with Crippen LogP contribution in [0, 0.1) is 0 Å². The topological polar surface area (TPSA) is 149 Å². The molecule has 0 fully saturated rings. The zero-order valence-corrected chi connectivity index (χ0v) is 32.8. The van der Waals surface area contributed by atoms with Gasteiger partial charge in [-0.15, -0.1) is 0 Å². The van der Waals surface area contributed by atoms with Gasteiger partial charge in [-0.3, -0.25) is 18.6 Å². The Morgan fingerprint density at radius 1 is 0.580 bits per heavy atom. The van der Waals surface area contributed by atoms with Crippen LogP contribution in [-0.4, -0.2) is 65.7 Å². The van der Waals surface area contributed by atoms with E-state index in [2.05, 4.69) is 30.5 Å². The molecule has 0 amide bonds. The molecule has 3 unspecified atom stereocenters. The Bertz CT molecular complexity index is 853. The number of carbonyl (C=O) groups excluding carboxylic acids is 2. The van der Waals surface area contributed by atoms with Crippen LogP contribution >= 0.6 is 7.82 Å². The minimum Gasteiger partial charge on any atom is -0.462 e. The van der Waals surface area contributed by atoms with Crippen molar-refractivity contribution in [2.24, 2.45) is 0 Å². The maximum absolute atomic E-state index is 12.6. The molecule has 296 valence electrons. The minimum atomic E-state index is -4.61. The van der Waals surface area contributed by atoms with Crippen LogP contribution < -0.4 is 0 Å². The second-order valence-electron chi connectivity index (χ2n) is 13.7. The molecule has 0 aliphatic carbocycles. The zero-order valence-electron chi connectivity index (χ0n) is 31.9. The van der Waals surface area contributed by atoms with Crippen molar-refractivity contribution in [2.75, 3.05) is 26.4 Å². The summed E-state index contributed by atoms with van der Waals surface area (Å²) in [6.07, 6.45) is 31.9.